The maximum atomic E-state index is 14.4. The van der Waals surface area contributed by atoms with Crippen molar-refractivity contribution in [1.82, 2.24) is 9.47 Å². The normalized spacial score (nSPS) is 26.3. The number of nitrogens with zero attached hydrogens (tertiary/aromatic N) is 2. The van der Waals surface area contributed by atoms with E-state index in [4.69, 9.17) is 4.42 Å². The van der Waals surface area contributed by atoms with Gasteiger partial charge in [-0.2, -0.15) is 0 Å². The second-order valence-corrected chi connectivity index (χ2v) is 9.32. The number of benzene rings is 2. The molecule has 4 unspecified atom stereocenters. The van der Waals surface area contributed by atoms with E-state index in [9.17, 15) is 29.4 Å². The Labute approximate surface area is 204 Å². The van der Waals surface area contributed by atoms with Crippen LogP contribution < -0.4 is 0 Å². The van der Waals surface area contributed by atoms with E-state index in [1.165, 1.54) is 12.1 Å². The van der Waals surface area contributed by atoms with Gasteiger partial charge in [-0.25, -0.2) is 0 Å². The molecule has 9 nitrogen and oxygen atoms in total. The molecule has 1 fully saturated rings. The lowest BCUT2D eigenvalue weighted by atomic mass is 9.68. The first kappa shape index (κ1) is 22.2. The number of Topliss-reactive ketones (excluding diaryl/α,β-unsaturated/α-hetero) is 1. The first-order valence-corrected chi connectivity index (χ1v) is 11.7. The molecule has 0 spiro atoms. The number of carbonyl (C=O) groups excluding carboxylic acids is 2. The van der Waals surface area contributed by atoms with Crippen LogP contribution in [0.25, 0.3) is 11.0 Å². The zero-order chi connectivity index (χ0) is 25.2. The highest BCUT2D eigenvalue weighted by molar-refractivity contribution is 6.11. The maximum absolute atomic E-state index is 14.4. The Morgan fingerprint density at radius 1 is 0.861 bits per heavy atom. The second-order valence-electron chi connectivity index (χ2n) is 9.32. The Kier molecular flexibility index (Phi) is 4.87. The van der Waals surface area contributed by atoms with Gasteiger partial charge in [-0.15, -0.1) is 0 Å². The topological polar surface area (TPSA) is 130 Å². The van der Waals surface area contributed by atoms with Crippen LogP contribution in [-0.4, -0.2) is 55.9 Å². The van der Waals surface area contributed by atoms with Crippen molar-refractivity contribution in [3.8, 4) is 0 Å². The van der Waals surface area contributed by atoms with Crippen LogP contribution in [0.3, 0.4) is 0 Å². The summed E-state index contributed by atoms with van der Waals surface area (Å²) in [5.74, 6) is -7.33. The van der Waals surface area contributed by atoms with Gasteiger partial charge in [-0.3, -0.25) is 28.6 Å². The highest BCUT2D eigenvalue weighted by Crippen LogP contribution is 2.52. The molecule has 5 heterocycles. The molecule has 182 valence electrons. The average molecular weight is 486 g/mol. The standard InChI is InChI=1S/C27H22N2O7/c30-23-21(25(32)33)19-12-13-20(36-19)22(26(34)35)27(23,15-5-2-1-3-6-15)28-14-4-7-18(28)24(31)29-16-8-9-17(29)11-10-16/h1-3,5-6,8-13,18,21-22H,4,7,14H2,(H,32,33)(H,34,35). The van der Waals surface area contributed by atoms with Crippen LogP contribution in [0.15, 0.2) is 71.1 Å². The molecule has 6 rings (SSSR count). The molecular weight excluding hydrogens is 464 g/mol. The third-order valence-corrected chi connectivity index (χ3v) is 7.56. The van der Waals surface area contributed by atoms with Gasteiger partial charge in [0.05, 0.1) is 6.04 Å². The molecule has 4 atom stereocenters. The van der Waals surface area contributed by atoms with E-state index >= 15 is 0 Å². The predicted octanol–water partition coefficient (Wildman–Crippen LogP) is 3.29. The molecule has 1 saturated heterocycles. The van der Waals surface area contributed by atoms with Gasteiger partial charge in [-0.1, -0.05) is 30.3 Å². The van der Waals surface area contributed by atoms with E-state index in [0.29, 0.717) is 29.4 Å². The van der Waals surface area contributed by atoms with Gasteiger partial charge < -0.3 is 14.6 Å². The minimum atomic E-state index is -1.98. The van der Waals surface area contributed by atoms with Crippen LogP contribution in [-0.2, 0) is 19.9 Å². The number of carboxylic acids is 2. The maximum Gasteiger partial charge on any atom is 0.321 e. The molecule has 2 aliphatic rings. The third kappa shape index (κ3) is 2.86. The summed E-state index contributed by atoms with van der Waals surface area (Å²) in [6.07, 6.45) is 0.925. The fourth-order valence-corrected chi connectivity index (χ4v) is 6.13. The van der Waals surface area contributed by atoms with Crippen molar-refractivity contribution in [2.24, 2.45) is 0 Å². The number of carboxylic acid groups (broad SMARTS) is 2. The van der Waals surface area contributed by atoms with Crippen molar-refractivity contribution in [2.75, 3.05) is 6.54 Å². The minimum absolute atomic E-state index is 0.0233. The Morgan fingerprint density at radius 3 is 2.11 bits per heavy atom. The summed E-state index contributed by atoms with van der Waals surface area (Å²) in [6.45, 7) is 0.235. The molecule has 3 aromatic heterocycles. The lowest BCUT2D eigenvalue weighted by Gasteiger charge is -2.46. The zero-order valence-electron chi connectivity index (χ0n) is 19.0. The number of aromatic nitrogens is 1. The summed E-state index contributed by atoms with van der Waals surface area (Å²) >= 11 is 0. The summed E-state index contributed by atoms with van der Waals surface area (Å²) in [4.78, 5) is 55.3. The number of rotatable bonds is 5. The average Bonchev–Trinajstić information content (AvgIpc) is 3.65. The van der Waals surface area contributed by atoms with Crippen LogP contribution in [0.5, 0.6) is 0 Å². The lowest BCUT2D eigenvalue weighted by molar-refractivity contribution is -0.155. The summed E-state index contributed by atoms with van der Waals surface area (Å²) < 4.78 is 7.27. The first-order chi connectivity index (χ1) is 17.4. The van der Waals surface area contributed by atoms with Crippen molar-refractivity contribution < 1.29 is 33.8 Å². The highest BCUT2D eigenvalue weighted by atomic mass is 16.4. The molecule has 0 saturated carbocycles. The number of furan rings is 1. The van der Waals surface area contributed by atoms with Crippen LogP contribution in [0, 0.1) is 0 Å². The molecule has 2 aliphatic heterocycles. The van der Waals surface area contributed by atoms with Crippen molar-refractivity contribution in [3.63, 3.8) is 0 Å². The number of hydrogen-bond donors (Lipinski definition) is 2. The van der Waals surface area contributed by atoms with Gasteiger partial charge in [0.15, 0.2) is 11.7 Å². The molecule has 0 radical (unpaired) electrons. The number of ketones is 1. The fraction of sp³-hybridized carbons (Fsp3) is 0.259. The Hall–Kier alpha value is -4.24. The Bertz CT molecular complexity index is 1450. The molecule has 0 aliphatic carbocycles. The number of carbonyl (C=O) groups is 4. The summed E-state index contributed by atoms with van der Waals surface area (Å²) in [5.41, 5.74) is -0.261. The van der Waals surface area contributed by atoms with Crippen molar-refractivity contribution in [3.05, 3.63) is 83.8 Å². The van der Waals surface area contributed by atoms with Crippen LogP contribution in [0.2, 0.25) is 0 Å². The minimum Gasteiger partial charge on any atom is -0.481 e. The predicted molar refractivity (Wildman–Crippen MR) is 126 cm³/mol. The van der Waals surface area contributed by atoms with Crippen molar-refractivity contribution in [1.29, 1.82) is 0 Å². The van der Waals surface area contributed by atoms with E-state index < -0.39 is 41.1 Å². The summed E-state index contributed by atoms with van der Waals surface area (Å²) in [5, 5.41) is 20.6. The molecule has 2 N–H and O–H groups in total. The second kappa shape index (κ2) is 7.89. The Balaban J connectivity index is 1.62. The van der Waals surface area contributed by atoms with E-state index in [1.807, 2.05) is 24.3 Å². The van der Waals surface area contributed by atoms with Gasteiger partial charge >= 0.3 is 11.9 Å². The van der Waals surface area contributed by atoms with Gasteiger partial charge in [-0.05, 0) is 54.8 Å². The van der Waals surface area contributed by atoms with Crippen molar-refractivity contribution >= 4 is 34.7 Å². The number of fused-ring (bicyclic) bond motifs is 4. The van der Waals surface area contributed by atoms with Crippen LogP contribution in [0.4, 0.5) is 0 Å². The summed E-state index contributed by atoms with van der Waals surface area (Å²) in [7, 11) is 0. The van der Waals surface area contributed by atoms with Crippen LogP contribution >= 0.6 is 0 Å². The quantitative estimate of drug-likeness (QED) is 0.411. The smallest absolute Gasteiger partial charge is 0.321 e. The van der Waals surface area contributed by atoms with E-state index in [2.05, 4.69) is 0 Å². The summed E-state index contributed by atoms with van der Waals surface area (Å²) in [6, 6.07) is 17.5. The van der Waals surface area contributed by atoms with Gasteiger partial charge in [0.2, 0.25) is 5.91 Å². The SMILES string of the molecule is O=C(O)C1C(=O)C(c2ccccc2)(N2CCCC2C(=O)n2c3ccc2cc3)C(C(=O)O)c2ccc1o2. The molecule has 1 aromatic carbocycles. The van der Waals surface area contributed by atoms with E-state index in [1.54, 1.807) is 39.8 Å². The third-order valence-electron chi connectivity index (χ3n) is 7.56. The van der Waals surface area contributed by atoms with E-state index in [0.717, 1.165) is 0 Å². The van der Waals surface area contributed by atoms with Gasteiger partial charge in [0, 0.05) is 17.6 Å². The molecule has 4 bridgehead atoms. The zero-order valence-corrected chi connectivity index (χ0v) is 19.0. The lowest BCUT2D eigenvalue weighted by Crippen LogP contribution is -2.62. The molecule has 0 amide bonds. The molecule has 36 heavy (non-hydrogen) atoms. The molecule has 9 heteroatoms. The Morgan fingerprint density at radius 2 is 1.50 bits per heavy atom. The largest absolute Gasteiger partial charge is 0.481 e. The molecule has 4 aromatic rings. The van der Waals surface area contributed by atoms with Crippen LogP contribution in [0.1, 0.15) is 46.6 Å². The number of hydrogen-bond acceptors (Lipinski definition) is 6. The highest BCUT2D eigenvalue weighted by Gasteiger charge is 2.64. The number of likely N-dealkylation sites (tertiary alicyclic amines) is 1. The fourth-order valence-electron chi connectivity index (χ4n) is 6.13. The van der Waals surface area contributed by atoms with E-state index in [-0.39, 0.29) is 24.0 Å². The first-order valence-electron chi connectivity index (χ1n) is 11.7. The van der Waals surface area contributed by atoms with Gasteiger partial charge in [0.1, 0.15) is 23.0 Å². The monoisotopic (exact) mass is 486 g/mol. The molecular formula is C27H22N2O7. The number of aliphatic carboxylic acids is 2. The van der Waals surface area contributed by atoms with Gasteiger partial charge in [0.25, 0.3) is 0 Å². The van der Waals surface area contributed by atoms with Crippen molar-refractivity contribution in [2.45, 2.75) is 36.3 Å².